The number of rotatable bonds is 2. The van der Waals surface area contributed by atoms with Crippen molar-refractivity contribution < 1.29 is 8.42 Å². The normalized spacial score (nSPS) is 22.1. The number of hydrogen-bond acceptors (Lipinski definition) is 3. The van der Waals surface area contributed by atoms with E-state index in [0.29, 0.717) is 17.4 Å². The molecule has 0 aliphatic carbocycles. The third-order valence-corrected chi connectivity index (χ3v) is 6.39. The Kier molecular flexibility index (Phi) is 4.48. The average molecular weight is 398 g/mol. The zero-order chi connectivity index (χ0) is 13.3. The van der Waals surface area contributed by atoms with Crippen molar-refractivity contribution in [3.63, 3.8) is 0 Å². The first kappa shape index (κ1) is 14.5. The Morgan fingerprint density at radius 3 is 2.67 bits per heavy atom. The van der Waals surface area contributed by atoms with Crippen LogP contribution >= 0.6 is 31.9 Å². The summed E-state index contributed by atoms with van der Waals surface area (Å²) < 4.78 is 27.8. The van der Waals surface area contributed by atoms with Crippen LogP contribution in [0.2, 0.25) is 0 Å². The van der Waals surface area contributed by atoms with Gasteiger partial charge in [-0.1, -0.05) is 15.9 Å². The number of hydrogen-bond donors (Lipinski definition) is 1. The molecule has 0 bridgehead atoms. The van der Waals surface area contributed by atoms with E-state index in [-0.39, 0.29) is 4.90 Å². The van der Waals surface area contributed by atoms with Crippen LogP contribution in [-0.4, -0.2) is 25.4 Å². The molecule has 1 saturated heterocycles. The van der Waals surface area contributed by atoms with Gasteiger partial charge in [-0.3, -0.25) is 0 Å². The monoisotopic (exact) mass is 396 g/mol. The first-order valence-corrected chi connectivity index (χ1v) is 8.68. The SMILES string of the molecule is NC1CCCCN1S(=O)(=O)c1cc(Br)ccc1Br. The number of nitrogens with zero attached hydrogens (tertiary/aromatic N) is 1. The zero-order valence-electron chi connectivity index (χ0n) is 9.64. The fourth-order valence-corrected chi connectivity index (χ4v) is 5.08. The summed E-state index contributed by atoms with van der Waals surface area (Å²) in [6.07, 6.45) is 2.13. The second-order valence-electron chi connectivity index (χ2n) is 4.25. The molecule has 0 amide bonds. The fourth-order valence-electron chi connectivity index (χ4n) is 2.03. The van der Waals surface area contributed by atoms with E-state index in [4.69, 9.17) is 5.73 Å². The summed E-state index contributed by atoms with van der Waals surface area (Å²) in [7, 11) is -3.53. The summed E-state index contributed by atoms with van der Waals surface area (Å²) >= 11 is 6.58. The van der Waals surface area contributed by atoms with E-state index in [1.165, 1.54) is 4.31 Å². The Hall–Kier alpha value is 0.0500. The van der Waals surface area contributed by atoms with Crippen molar-refractivity contribution in [1.29, 1.82) is 0 Å². The Bertz CT molecular complexity index is 548. The Labute approximate surface area is 124 Å². The molecular formula is C11H14Br2N2O2S. The molecule has 2 rings (SSSR count). The molecule has 1 aliphatic rings. The van der Waals surface area contributed by atoms with Gasteiger partial charge in [0.1, 0.15) is 0 Å². The molecule has 1 unspecified atom stereocenters. The van der Waals surface area contributed by atoms with Crippen molar-refractivity contribution in [2.45, 2.75) is 30.3 Å². The molecule has 0 radical (unpaired) electrons. The molecule has 0 spiro atoms. The molecule has 0 saturated carbocycles. The Morgan fingerprint density at radius 1 is 1.28 bits per heavy atom. The lowest BCUT2D eigenvalue weighted by Gasteiger charge is -2.32. The molecule has 0 aromatic heterocycles. The van der Waals surface area contributed by atoms with Gasteiger partial charge in [-0.2, -0.15) is 4.31 Å². The lowest BCUT2D eigenvalue weighted by Crippen LogP contribution is -2.48. The van der Waals surface area contributed by atoms with Crippen LogP contribution in [0.3, 0.4) is 0 Å². The van der Waals surface area contributed by atoms with Crippen molar-refractivity contribution in [2.24, 2.45) is 5.73 Å². The van der Waals surface area contributed by atoms with Crippen LogP contribution in [-0.2, 0) is 10.0 Å². The fraction of sp³-hybridized carbons (Fsp3) is 0.455. The van der Waals surface area contributed by atoms with Gasteiger partial charge in [0.2, 0.25) is 10.0 Å². The minimum Gasteiger partial charge on any atom is -0.315 e. The molecule has 18 heavy (non-hydrogen) atoms. The number of halogens is 2. The van der Waals surface area contributed by atoms with Gasteiger partial charge in [0.05, 0.1) is 11.1 Å². The van der Waals surface area contributed by atoms with E-state index >= 15 is 0 Å². The minimum absolute atomic E-state index is 0.259. The smallest absolute Gasteiger partial charge is 0.245 e. The standard InChI is InChI=1S/C11H14Br2N2O2S/c12-8-4-5-9(13)10(7-8)18(16,17)15-6-2-1-3-11(15)14/h4-5,7,11H,1-3,6,14H2. The van der Waals surface area contributed by atoms with Gasteiger partial charge >= 0.3 is 0 Å². The third-order valence-electron chi connectivity index (χ3n) is 2.98. The summed E-state index contributed by atoms with van der Waals surface area (Å²) in [5.41, 5.74) is 5.91. The Morgan fingerprint density at radius 2 is 2.00 bits per heavy atom. The molecule has 4 nitrogen and oxygen atoms in total. The topological polar surface area (TPSA) is 63.4 Å². The summed E-state index contributed by atoms with van der Waals surface area (Å²) in [6, 6.07) is 5.10. The maximum Gasteiger partial charge on any atom is 0.245 e. The van der Waals surface area contributed by atoms with Crippen molar-refractivity contribution in [1.82, 2.24) is 4.31 Å². The van der Waals surface area contributed by atoms with E-state index in [1.54, 1.807) is 18.2 Å². The molecular weight excluding hydrogens is 384 g/mol. The van der Waals surface area contributed by atoms with Gasteiger partial charge in [0.25, 0.3) is 0 Å². The number of sulfonamides is 1. The molecule has 1 fully saturated rings. The van der Waals surface area contributed by atoms with E-state index in [9.17, 15) is 8.42 Å². The molecule has 7 heteroatoms. The van der Waals surface area contributed by atoms with Crippen molar-refractivity contribution in [3.8, 4) is 0 Å². The molecule has 100 valence electrons. The highest BCUT2D eigenvalue weighted by atomic mass is 79.9. The van der Waals surface area contributed by atoms with Gasteiger partial charge in [-0.05, 0) is 53.4 Å². The molecule has 1 atom stereocenters. The summed E-state index contributed by atoms with van der Waals surface area (Å²) in [4.78, 5) is 0.259. The van der Waals surface area contributed by atoms with Gasteiger partial charge in [0, 0.05) is 15.5 Å². The van der Waals surface area contributed by atoms with Crippen LogP contribution in [0.1, 0.15) is 19.3 Å². The molecule has 1 aromatic carbocycles. The lowest BCUT2D eigenvalue weighted by atomic mass is 10.1. The maximum absolute atomic E-state index is 12.6. The van der Waals surface area contributed by atoms with Gasteiger partial charge in [0.15, 0.2) is 0 Å². The first-order chi connectivity index (χ1) is 8.43. The number of piperidine rings is 1. The predicted octanol–water partition coefficient (Wildman–Crippen LogP) is 2.67. The van der Waals surface area contributed by atoms with E-state index in [1.807, 2.05) is 0 Å². The van der Waals surface area contributed by atoms with E-state index in [2.05, 4.69) is 31.9 Å². The van der Waals surface area contributed by atoms with Crippen molar-refractivity contribution >= 4 is 41.9 Å². The third kappa shape index (κ3) is 2.80. The second-order valence-corrected chi connectivity index (χ2v) is 7.88. The summed E-state index contributed by atoms with van der Waals surface area (Å²) in [5.74, 6) is 0. The van der Waals surface area contributed by atoms with Crippen LogP contribution in [0.4, 0.5) is 0 Å². The maximum atomic E-state index is 12.6. The van der Waals surface area contributed by atoms with Gasteiger partial charge in [-0.25, -0.2) is 8.42 Å². The molecule has 1 aliphatic heterocycles. The largest absolute Gasteiger partial charge is 0.315 e. The van der Waals surface area contributed by atoms with Crippen molar-refractivity contribution in [2.75, 3.05) is 6.54 Å². The minimum atomic E-state index is -3.53. The van der Waals surface area contributed by atoms with Crippen molar-refractivity contribution in [3.05, 3.63) is 27.1 Å². The quantitative estimate of drug-likeness (QED) is 0.834. The highest BCUT2D eigenvalue weighted by Gasteiger charge is 2.32. The van der Waals surface area contributed by atoms with Gasteiger partial charge in [-0.15, -0.1) is 0 Å². The highest BCUT2D eigenvalue weighted by Crippen LogP contribution is 2.30. The van der Waals surface area contributed by atoms with E-state index in [0.717, 1.165) is 17.3 Å². The van der Waals surface area contributed by atoms with Crippen LogP contribution in [0.5, 0.6) is 0 Å². The average Bonchev–Trinajstić information content (AvgIpc) is 2.32. The Balaban J connectivity index is 2.44. The molecule has 2 N–H and O–H groups in total. The van der Waals surface area contributed by atoms with Gasteiger partial charge < -0.3 is 5.73 Å². The zero-order valence-corrected chi connectivity index (χ0v) is 13.6. The molecule has 1 aromatic rings. The lowest BCUT2D eigenvalue weighted by molar-refractivity contribution is 0.258. The summed E-state index contributed by atoms with van der Waals surface area (Å²) in [6.45, 7) is 0.489. The summed E-state index contributed by atoms with van der Waals surface area (Å²) in [5, 5.41) is 0. The van der Waals surface area contributed by atoms with Crippen LogP contribution in [0, 0.1) is 0 Å². The highest BCUT2D eigenvalue weighted by molar-refractivity contribution is 9.11. The predicted molar refractivity (Wildman–Crippen MR) is 77.6 cm³/mol. The number of benzene rings is 1. The van der Waals surface area contributed by atoms with Crippen LogP contribution in [0.25, 0.3) is 0 Å². The number of nitrogens with two attached hydrogens (primary N) is 1. The molecule has 1 heterocycles. The van der Waals surface area contributed by atoms with Crippen LogP contribution < -0.4 is 5.73 Å². The van der Waals surface area contributed by atoms with E-state index < -0.39 is 16.2 Å². The second kappa shape index (κ2) is 5.58. The first-order valence-electron chi connectivity index (χ1n) is 5.65. The van der Waals surface area contributed by atoms with Crippen LogP contribution in [0.15, 0.2) is 32.0 Å².